The van der Waals surface area contributed by atoms with Crippen molar-refractivity contribution in [2.24, 2.45) is 12.8 Å². The Balaban J connectivity index is 1.36. The molecule has 0 radical (unpaired) electrons. The Morgan fingerprint density at radius 1 is 1.07 bits per heavy atom. The Bertz CT molecular complexity index is 1670. The van der Waals surface area contributed by atoms with E-state index in [-0.39, 0.29) is 17.0 Å². The molecule has 4 N–H and O–H groups in total. The Morgan fingerprint density at radius 3 is 2.49 bits per heavy atom. The maximum atomic E-state index is 14.2. The molecule has 3 heterocycles. The molecule has 14 heteroatoms. The monoisotopic (exact) mass is 686 g/mol. The largest absolute Gasteiger partial charge is 0.494 e. The number of ether oxygens (including phenoxy) is 1. The van der Waals surface area contributed by atoms with Crippen LogP contribution in [0, 0.1) is 0 Å². The first kappa shape index (κ1) is 27.5. The van der Waals surface area contributed by atoms with Gasteiger partial charge in [0, 0.05) is 36.2 Å². The van der Waals surface area contributed by atoms with Crippen LogP contribution < -0.4 is 29.6 Å². The molecule has 2 fully saturated rings. The lowest BCUT2D eigenvalue weighted by Gasteiger charge is -2.17. The SMILES string of the molecule is COc1c(Nc2cc(Nc3ncccc3OI)nnc2C(N)=O)cccc1-c1cc(P(=O)(C2CC2)C2CC2)n(C)n1. The zero-order chi connectivity index (χ0) is 28.7. The van der Waals surface area contributed by atoms with E-state index in [9.17, 15) is 9.36 Å². The van der Waals surface area contributed by atoms with Gasteiger partial charge in [-0.2, -0.15) is 5.10 Å². The number of hydrogen-bond donors (Lipinski definition) is 3. The number of amides is 1. The topological polar surface area (TPSA) is 159 Å². The summed E-state index contributed by atoms with van der Waals surface area (Å²) in [5.74, 6) is 0.985. The number of hydrogen-bond acceptors (Lipinski definition) is 10. The lowest BCUT2D eigenvalue weighted by Crippen LogP contribution is -2.20. The van der Waals surface area contributed by atoms with Gasteiger partial charge in [-0.15, -0.1) is 10.2 Å². The summed E-state index contributed by atoms with van der Waals surface area (Å²) >= 11 is 1.77. The molecule has 6 rings (SSSR count). The summed E-state index contributed by atoms with van der Waals surface area (Å²) in [6.45, 7) is 0. The average Bonchev–Trinajstić information content (AvgIpc) is 3.90. The van der Waals surface area contributed by atoms with Crippen molar-refractivity contribution >= 4 is 64.5 Å². The molecule has 2 aliphatic carbocycles. The first-order valence-corrected chi connectivity index (χ1v) is 15.8. The van der Waals surface area contributed by atoms with Gasteiger partial charge in [-0.1, -0.05) is 6.07 Å². The fraction of sp³-hybridized carbons (Fsp3) is 0.296. The third kappa shape index (κ3) is 5.23. The lowest BCUT2D eigenvalue weighted by atomic mass is 10.1. The highest BCUT2D eigenvalue weighted by molar-refractivity contribution is 14.1. The van der Waals surface area contributed by atoms with Crippen molar-refractivity contribution in [2.75, 3.05) is 17.7 Å². The summed E-state index contributed by atoms with van der Waals surface area (Å²) in [4.78, 5) is 16.5. The fourth-order valence-electron chi connectivity index (χ4n) is 5.10. The van der Waals surface area contributed by atoms with Crippen LogP contribution in [0.2, 0.25) is 0 Å². The van der Waals surface area contributed by atoms with Crippen LogP contribution in [0.15, 0.2) is 48.7 Å². The van der Waals surface area contributed by atoms with Gasteiger partial charge < -0.3 is 28.7 Å². The molecule has 3 aromatic heterocycles. The third-order valence-electron chi connectivity index (χ3n) is 7.28. The quantitative estimate of drug-likeness (QED) is 0.146. The molecule has 2 aliphatic rings. The molecule has 212 valence electrons. The van der Waals surface area contributed by atoms with E-state index < -0.39 is 13.0 Å². The van der Waals surface area contributed by atoms with Crippen molar-refractivity contribution in [3.8, 4) is 22.8 Å². The maximum Gasteiger partial charge on any atom is 0.271 e. The zero-order valence-electron chi connectivity index (χ0n) is 22.4. The van der Waals surface area contributed by atoms with Gasteiger partial charge in [0.05, 0.1) is 29.6 Å². The van der Waals surface area contributed by atoms with Gasteiger partial charge >= 0.3 is 0 Å². The van der Waals surface area contributed by atoms with Gasteiger partial charge in [-0.05, 0) is 56.0 Å². The number of aryl methyl sites for hydroxylation is 1. The zero-order valence-corrected chi connectivity index (χ0v) is 25.4. The summed E-state index contributed by atoms with van der Waals surface area (Å²) in [6, 6.07) is 12.6. The van der Waals surface area contributed by atoms with Crippen LogP contribution in [0.25, 0.3) is 11.3 Å². The van der Waals surface area contributed by atoms with Crippen LogP contribution in [0.3, 0.4) is 0 Å². The smallest absolute Gasteiger partial charge is 0.271 e. The molecule has 2 saturated carbocycles. The number of rotatable bonds is 11. The van der Waals surface area contributed by atoms with Crippen molar-refractivity contribution in [3.63, 3.8) is 0 Å². The van der Waals surface area contributed by atoms with Gasteiger partial charge in [-0.3, -0.25) is 9.48 Å². The lowest BCUT2D eigenvalue weighted by molar-refractivity contribution is 0.0995. The molecule has 0 saturated heterocycles. The highest BCUT2D eigenvalue weighted by Gasteiger charge is 2.53. The number of nitrogens with zero attached hydrogens (tertiary/aromatic N) is 5. The average molecular weight is 686 g/mol. The van der Waals surface area contributed by atoms with Gasteiger partial charge in [0.2, 0.25) is 0 Å². The molecule has 1 amide bonds. The molecule has 12 nitrogen and oxygen atoms in total. The number of benzene rings is 1. The van der Waals surface area contributed by atoms with E-state index >= 15 is 0 Å². The number of nitrogens with two attached hydrogens (primary N) is 1. The number of carbonyl (C=O) groups is 1. The Hall–Kier alpha value is -3.71. The van der Waals surface area contributed by atoms with E-state index in [1.807, 2.05) is 31.3 Å². The molecule has 0 bridgehead atoms. The minimum Gasteiger partial charge on any atom is -0.494 e. The second kappa shape index (κ2) is 10.9. The van der Waals surface area contributed by atoms with E-state index in [1.54, 1.807) is 59.2 Å². The molecule has 41 heavy (non-hydrogen) atoms. The summed E-state index contributed by atoms with van der Waals surface area (Å²) in [5.41, 5.74) is 9.19. The minimum absolute atomic E-state index is 0.0516. The molecule has 4 aromatic rings. The van der Waals surface area contributed by atoms with E-state index in [0.717, 1.165) is 36.7 Å². The number of methoxy groups -OCH3 is 1. The van der Waals surface area contributed by atoms with Crippen molar-refractivity contribution in [2.45, 2.75) is 37.0 Å². The van der Waals surface area contributed by atoms with Gasteiger partial charge in [-0.25, -0.2) is 4.98 Å². The third-order valence-corrected chi connectivity index (χ3v) is 12.1. The molecular formula is C27H28IN8O4P. The summed E-state index contributed by atoms with van der Waals surface area (Å²) < 4.78 is 27.1. The molecule has 1 aromatic carbocycles. The Kier molecular flexibility index (Phi) is 7.32. The highest BCUT2D eigenvalue weighted by atomic mass is 127. The standard InChI is InChI=1S/C27H28IN8O4P/c1-36-23(41(38,15-8-9-15)16-10-11-16)14-19(35-36)17-5-3-6-18(25(17)39-2)31-20-13-22(33-34-24(20)26(29)37)32-27-21(40-28)7-4-12-30-27/h3-7,12-16H,8-11H2,1-2H3,(H2,29,37)(H2,30,31,32,33). The van der Waals surface area contributed by atoms with Crippen molar-refractivity contribution in [3.05, 3.63) is 54.4 Å². The maximum absolute atomic E-state index is 14.2. The molecular weight excluding hydrogens is 658 g/mol. The van der Waals surface area contributed by atoms with Crippen LogP contribution in [-0.2, 0) is 11.6 Å². The molecule has 0 atom stereocenters. The number of pyridine rings is 1. The number of halogens is 1. The van der Waals surface area contributed by atoms with Crippen LogP contribution in [0.4, 0.5) is 23.0 Å². The second-order valence-electron chi connectivity index (χ2n) is 10.1. The van der Waals surface area contributed by atoms with Gasteiger partial charge in [0.25, 0.3) is 5.91 Å². The van der Waals surface area contributed by atoms with Crippen LogP contribution in [-0.4, -0.2) is 49.3 Å². The van der Waals surface area contributed by atoms with E-state index in [2.05, 4.69) is 25.8 Å². The first-order chi connectivity index (χ1) is 19.8. The van der Waals surface area contributed by atoms with Crippen molar-refractivity contribution in [1.82, 2.24) is 25.0 Å². The van der Waals surface area contributed by atoms with Crippen LogP contribution in [0.5, 0.6) is 11.5 Å². The number of para-hydroxylation sites is 1. The Morgan fingerprint density at radius 2 is 1.83 bits per heavy atom. The number of aromatic nitrogens is 5. The van der Waals surface area contributed by atoms with E-state index in [1.165, 1.54) is 0 Å². The number of carbonyl (C=O) groups excluding carboxylic acids is 1. The van der Waals surface area contributed by atoms with Crippen LogP contribution >= 0.6 is 30.1 Å². The van der Waals surface area contributed by atoms with Crippen LogP contribution in [0.1, 0.15) is 36.2 Å². The first-order valence-electron chi connectivity index (χ1n) is 13.1. The summed E-state index contributed by atoms with van der Waals surface area (Å²) in [7, 11) is 0.897. The van der Waals surface area contributed by atoms with E-state index in [4.69, 9.17) is 18.6 Å². The number of nitrogens with one attached hydrogen (secondary N) is 2. The molecule has 0 spiro atoms. The normalized spacial score (nSPS) is 14.9. The van der Waals surface area contributed by atoms with Gasteiger partial charge in [0.1, 0.15) is 7.14 Å². The molecule has 0 aliphatic heterocycles. The highest BCUT2D eigenvalue weighted by Crippen LogP contribution is 2.69. The second-order valence-corrected chi connectivity index (χ2v) is 13.9. The summed E-state index contributed by atoms with van der Waals surface area (Å²) in [6.07, 6.45) is 5.68. The van der Waals surface area contributed by atoms with Crippen molar-refractivity contribution in [1.29, 1.82) is 0 Å². The predicted octanol–water partition coefficient (Wildman–Crippen LogP) is 4.91. The molecule has 0 unspecified atom stereocenters. The van der Waals surface area contributed by atoms with Gasteiger partial charge in [0.15, 0.2) is 51.8 Å². The fourth-order valence-corrected chi connectivity index (χ4v) is 9.46. The Labute approximate surface area is 250 Å². The van der Waals surface area contributed by atoms with Crippen molar-refractivity contribution < 1.29 is 17.2 Å². The minimum atomic E-state index is -2.52. The summed E-state index contributed by atoms with van der Waals surface area (Å²) in [5, 5.41) is 19.2. The number of primary amides is 1. The predicted molar refractivity (Wildman–Crippen MR) is 164 cm³/mol. The van der Waals surface area contributed by atoms with E-state index in [0.29, 0.717) is 40.2 Å². The number of anilines is 4.